The zero-order chi connectivity index (χ0) is 22.7. The molecule has 32 heavy (non-hydrogen) atoms. The minimum atomic E-state index is -0.455. The molecule has 8 heteroatoms. The van der Waals surface area contributed by atoms with E-state index in [9.17, 15) is 4.79 Å². The van der Waals surface area contributed by atoms with Crippen LogP contribution in [0.5, 0.6) is 11.6 Å². The Kier molecular flexibility index (Phi) is 6.04. The molecule has 0 saturated heterocycles. The third kappa shape index (κ3) is 4.26. The molecule has 0 aliphatic rings. The van der Waals surface area contributed by atoms with Crippen LogP contribution in [0.1, 0.15) is 21.5 Å². The number of methoxy groups -OCH3 is 1. The molecule has 0 atom stereocenters. The Morgan fingerprint density at radius 1 is 1.12 bits per heavy atom. The van der Waals surface area contributed by atoms with Gasteiger partial charge in [0.15, 0.2) is 5.65 Å². The van der Waals surface area contributed by atoms with Crippen LogP contribution in [0.2, 0.25) is 0 Å². The molecular weight excluding hydrogens is 406 g/mol. The minimum absolute atomic E-state index is 0.427. The van der Waals surface area contributed by atoms with Crippen molar-refractivity contribution < 1.29 is 14.3 Å². The number of rotatable bonds is 8. The van der Waals surface area contributed by atoms with E-state index >= 15 is 0 Å². The maximum absolute atomic E-state index is 11.6. The average molecular weight is 431 g/mol. The average Bonchev–Trinajstić information content (AvgIpc) is 3.19. The molecule has 4 rings (SSSR count). The van der Waals surface area contributed by atoms with Gasteiger partial charge in [-0.2, -0.15) is 0 Å². The van der Waals surface area contributed by atoms with Crippen molar-refractivity contribution in [2.24, 2.45) is 5.73 Å². The molecule has 1 amide bonds. The van der Waals surface area contributed by atoms with E-state index in [1.165, 1.54) is 0 Å². The van der Waals surface area contributed by atoms with Crippen LogP contribution in [0.4, 0.5) is 5.69 Å². The maximum Gasteiger partial charge on any atom is 0.248 e. The summed E-state index contributed by atoms with van der Waals surface area (Å²) in [5.41, 5.74) is 10.8. The largest absolute Gasteiger partial charge is 0.437 e. The van der Waals surface area contributed by atoms with E-state index < -0.39 is 5.91 Å². The lowest BCUT2D eigenvalue weighted by atomic mass is 10.0. The fourth-order valence-electron chi connectivity index (χ4n) is 3.49. The topological polar surface area (TPSA) is 104 Å². The van der Waals surface area contributed by atoms with Gasteiger partial charge in [0.2, 0.25) is 11.8 Å². The fourth-order valence-corrected chi connectivity index (χ4v) is 3.49. The Labute approximate surface area is 186 Å². The highest BCUT2D eigenvalue weighted by atomic mass is 16.5. The SMILES string of the molecule is COCCNc1cc(Oc2ccccc2C)nn2c(-c3ccc(C(N)=O)c(C)c3)cnc12. The van der Waals surface area contributed by atoms with E-state index in [-0.39, 0.29) is 0 Å². The van der Waals surface area contributed by atoms with Crippen molar-refractivity contribution in [3.05, 3.63) is 71.4 Å². The van der Waals surface area contributed by atoms with Crippen molar-refractivity contribution in [1.29, 1.82) is 0 Å². The number of ether oxygens (including phenoxy) is 2. The molecule has 0 spiro atoms. The molecule has 0 saturated carbocycles. The van der Waals surface area contributed by atoms with E-state index in [2.05, 4.69) is 10.3 Å². The Balaban J connectivity index is 1.81. The summed E-state index contributed by atoms with van der Waals surface area (Å²) < 4.78 is 13.0. The molecule has 0 bridgehead atoms. The van der Waals surface area contributed by atoms with Crippen LogP contribution < -0.4 is 15.8 Å². The highest BCUT2D eigenvalue weighted by molar-refractivity contribution is 5.94. The number of amides is 1. The summed E-state index contributed by atoms with van der Waals surface area (Å²) in [7, 11) is 1.66. The molecule has 0 radical (unpaired) electrons. The van der Waals surface area contributed by atoms with E-state index in [0.717, 1.165) is 33.8 Å². The van der Waals surface area contributed by atoms with Gasteiger partial charge in [-0.3, -0.25) is 4.79 Å². The zero-order valence-corrected chi connectivity index (χ0v) is 18.3. The number of hydrogen-bond acceptors (Lipinski definition) is 6. The number of aryl methyl sites for hydroxylation is 2. The van der Waals surface area contributed by atoms with E-state index in [0.29, 0.717) is 30.2 Å². The van der Waals surface area contributed by atoms with Crippen LogP contribution in [0.15, 0.2) is 54.7 Å². The predicted octanol–water partition coefficient (Wildman–Crippen LogP) is 3.96. The van der Waals surface area contributed by atoms with Crippen LogP contribution in [-0.4, -0.2) is 40.8 Å². The van der Waals surface area contributed by atoms with Gasteiger partial charge in [-0.1, -0.05) is 24.3 Å². The number of fused-ring (bicyclic) bond motifs is 1. The number of aromatic nitrogens is 3. The molecule has 2 heterocycles. The second-order valence-corrected chi connectivity index (χ2v) is 7.46. The second-order valence-electron chi connectivity index (χ2n) is 7.46. The van der Waals surface area contributed by atoms with Gasteiger partial charge in [-0.15, -0.1) is 5.10 Å². The number of nitrogens with zero attached hydrogens (tertiary/aromatic N) is 3. The number of para-hydroxylation sites is 1. The second kappa shape index (κ2) is 9.07. The number of hydrogen-bond donors (Lipinski definition) is 2. The molecule has 0 aliphatic heterocycles. The van der Waals surface area contributed by atoms with Crippen molar-refractivity contribution in [3.8, 4) is 22.9 Å². The standard InChI is InChI=1S/C24H25N5O3/c1-15-6-4-5-7-21(15)32-22-13-19(26-10-11-31-3)24-27-14-20(29(24)28-22)17-8-9-18(23(25)30)16(2)12-17/h4-9,12-14,26H,10-11H2,1-3H3,(H2,25,30). The van der Waals surface area contributed by atoms with Gasteiger partial charge in [0.05, 0.1) is 24.2 Å². The van der Waals surface area contributed by atoms with Crippen LogP contribution in [0.3, 0.4) is 0 Å². The Morgan fingerprint density at radius 2 is 1.94 bits per heavy atom. The molecule has 8 nitrogen and oxygen atoms in total. The fraction of sp³-hybridized carbons (Fsp3) is 0.208. The first-order valence-electron chi connectivity index (χ1n) is 10.2. The number of imidazole rings is 1. The minimum Gasteiger partial charge on any atom is -0.437 e. The number of benzene rings is 2. The van der Waals surface area contributed by atoms with Crippen LogP contribution >= 0.6 is 0 Å². The van der Waals surface area contributed by atoms with E-state index in [1.807, 2.05) is 56.3 Å². The van der Waals surface area contributed by atoms with Gasteiger partial charge >= 0.3 is 0 Å². The zero-order valence-electron chi connectivity index (χ0n) is 18.3. The summed E-state index contributed by atoms with van der Waals surface area (Å²) in [5.74, 6) is 0.700. The lowest BCUT2D eigenvalue weighted by Crippen LogP contribution is -2.12. The third-order valence-electron chi connectivity index (χ3n) is 5.16. The molecular formula is C24H25N5O3. The molecule has 4 aromatic rings. The highest BCUT2D eigenvalue weighted by Gasteiger charge is 2.16. The summed E-state index contributed by atoms with van der Waals surface area (Å²) in [6.07, 6.45) is 1.75. The first-order valence-corrected chi connectivity index (χ1v) is 10.2. The quantitative estimate of drug-likeness (QED) is 0.409. The molecule has 164 valence electrons. The van der Waals surface area contributed by atoms with Gasteiger partial charge in [-0.05, 0) is 43.2 Å². The molecule has 0 aliphatic carbocycles. The monoisotopic (exact) mass is 431 g/mol. The van der Waals surface area contributed by atoms with Crippen molar-refractivity contribution in [1.82, 2.24) is 14.6 Å². The normalized spacial score (nSPS) is 11.0. The summed E-state index contributed by atoms with van der Waals surface area (Å²) >= 11 is 0. The first-order chi connectivity index (χ1) is 15.5. The summed E-state index contributed by atoms with van der Waals surface area (Å²) in [5, 5.41) is 8.03. The molecule has 3 N–H and O–H groups in total. The number of primary amides is 1. The van der Waals surface area contributed by atoms with Crippen LogP contribution in [0.25, 0.3) is 16.9 Å². The summed E-state index contributed by atoms with van der Waals surface area (Å²) in [6.45, 7) is 4.99. The van der Waals surface area contributed by atoms with Gasteiger partial charge in [0.1, 0.15) is 5.75 Å². The Morgan fingerprint density at radius 3 is 2.66 bits per heavy atom. The number of nitrogens with two attached hydrogens (primary N) is 1. The first kappa shape index (κ1) is 21.3. The van der Waals surface area contributed by atoms with Gasteiger partial charge in [-0.25, -0.2) is 9.50 Å². The van der Waals surface area contributed by atoms with Gasteiger partial charge in [0, 0.05) is 30.8 Å². The van der Waals surface area contributed by atoms with Crippen molar-refractivity contribution in [2.45, 2.75) is 13.8 Å². The number of anilines is 1. The molecule has 2 aromatic heterocycles. The highest BCUT2D eigenvalue weighted by Crippen LogP contribution is 2.30. The van der Waals surface area contributed by atoms with Crippen LogP contribution in [0, 0.1) is 13.8 Å². The molecule has 0 unspecified atom stereocenters. The summed E-state index contributed by atoms with van der Waals surface area (Å²) in [6, 6.07) is 15.1. The van der Waals surface area contributed by atoms with Gasteiger partial charge < -0.3 is 20.5 Å². The van der Waals surface area contributed by atoms with Crippen molar-refractivity contribution in [2.75, 3.05) is 25.6 Å². The number of carbonyl (C=O) groups excluding carboxylic acids is 1. The lowest BCUT2D eigenvalue weighted by molar-refractivity contribution is 0.0999. The Hall–Kier alpha value is -3.91. The number of carbonyl (C=O) groups is 1. The van der Waals surface area contributed by atoms with E-state index in [4.69, 9.17) is 20.3 Å². The molecule has 0 fully saturated rings. The van der Waals surface area contributed by atoms with E-state index in [1.54, 1.807) is 23.9 Å². The smallest absolute Gasteiger partial charge is 0.248 e. The maximum atomic E-state index is 11.6. The number of nitrogens with one attached hydrogen (secondary N) is 1. The summed E-state index contributed by atoms with van der Waals surface area (Å²) in [4.78, 5) is 16.2. The third-order valence-corrected chi connectivity index (χ3v) is 5.16. The van der Waals surface area contributed by atoms with Crippen molar-refractivity contribution >= 4 is 17.2 Å². The molecule has 2 aromatic carbocycles. The Bertz CT molecular complexity index is 1280. The van der Waals surface area contributed by atoms with Crippen molar-refractivity contribution in [3.63, 3.8) is 0 Å². The predicted molar refractivity (Wildman–Crippen MR) is 123 cm³/mol. The van der Waals surface area contributed by atoms with Gasteiger partial charge in [0.25, 0.3) is 0 Å². The lowest BCUT2D eigenvalue weighted by Gasteiger charge is -2.13. The van der Waals surface area contributed by atoms with Crippen LogP contribution in [-0.2, 0) is 4.74 Å².